The maximum atomic E-state index is 13.2. The summed E-state index contributed by atoms with van der Waals surface area (Å²) in [6, 6.07) is 3.26. The van der Waals surface area contributed by atoms with Gasteiger partial charge >= 0.3 is 12.1 Å². The zero-order valence-corrected chi connectivity index (χ0v) is 9.52. The first-order valence-electron chi connectivity index (χ1n) is 4.70. The average Bonchev–Trinajstić information content (AvgIpc) is 2.20. The molecule has 0 heterocycles. The fourth-order valence-electron chi connectivity index (χ4n) is 1.19. The van der Waals surface area contributed by atoms with E-state index >= 15 is 0 Å². The number of aliphatic carboxylic acids is 1. The largest absolute Gasteiger partial charge is 0.481 e. The predicted molar refractivity (Wildman–Crippen MR) is 57.1 cm³/mol. The third-order valence-corrected chi connectivity index (χ3v) is 2.35. The topological polar surface area (TPSA) is 49.3 Å². The van der Waals surface area contributed by atoms with E-state index < -0.39 is 30.4 Å². The summed E-state index contributed by atoms with van der Waals surface area (Å²) in [6.07, 6.45) is -4.91. The van der Waals surface area contributed by atoms with E-state index in [1.54, 1.807) is 0 Å². The molecule has 1 rings (SSSR count). The summed E-state index contributed by atoms with van der Waals surface area (Å²) in [5.74, 6) is -5.46. The average molecular weight is 286 g/mol. The summed E-state index contributed by atoms with van der Waals surface area (Å²) in [5.41, 5.74) is -0.280. The molecule has 0 aromatic heterocycles. The molecule has 0 aliphatic rings. The van der Waals surface area contributed by atoms with Crippen LogP contribution in [0.3, 0.4) is 0 Å². The first-order valence-corrected chi connectivity index (χ1v) is 5.08. The highest BCUT2D eigenvalue weighted by atomic mass is 35.5. The molecule has 0 bridgehead atoms. The van der Waals surface area contributed by atoms with Gasteiger partial charge in [-0.3, -0.25) is 4.79 Å². The monoisotopic (exact) mass is 285 g/mol. The van der Waals surface area contributed by atoms with E-state index in [1.807, 2.05) is 0 Å². The Kier molecular flexibility index (Phi) is 4.39. The standard InChI is InChI=1S/C10H8ClF4NO2/c11-5-1-2-7(12)8(3-5)16-4-6(9(17)18)10(13,14)15/h1-3,6,16H,4H2,(H,17,18). The van der Waals surface area contributed by atoms with E-state index in [2.05, 4.69) is 5.32 Å². The first-order chi connectivity index (χ1) is 8.21. The minimum atomic E-state index is -4.91. The third-order valence-electron chi connectivity index (χ3n) is 2.12. The predicted octanol–water partition coefficient (Wildman–Crippen LogP) is 3.15. The Morgan fingerprint density at radius 3 is 2.56 bits per heavy atom. The molecule has 3 nitrogen and oxygen atoms in total. The van der Waals surface area contributed by atoms with Gasteiger partial charge in [0.1, 0.15) is 5.82 Å². The molecule has 1 aromatic rings. The van der Waals surface area contributed by atoms with E-state index in [0.717, 1.165) is 12.1 Å². The molecule has 0 fully saturated rings. The van der Waals surface area contributed by atoms with Crippen LogP contribution in [-0.2, 0) is 4.79 Å². The fourth-order valence-corrected chi connectivity index (χ4v) is 1.36. The number of anilines is 1. The van der Waals surface area contributed by atoms with E-state index in [-0.39, 0.29) is 10.7 Å². The summed E-state index contributed by atoms with van der Waals surface area (Å²) in [4.78, 5) is 10.4. The van der Waals surface area contributed by atoms with Crippen molar-refractivity contribution in [2.45, 2.75) is 6.18 Å². The van der Waals surface area contributed by atoms with Gasteiger partial charge in [0.15, 0.2) is 5.92 Å². The summed E-state index contributed by atoms with van der Waals surface area (Å²) in [6.45, 7) is -0.976. The third kappa shape index (κ3) is 3.76. The molecule has 18 heavy (non-hydrogen) atoms. The molecule has 0 radical (unpaired) electrons. The number of hydrogen-bond acceptors (Lipinski definition) is 2. The maximum Gasteiger partial charge on any atom is 0.403 e. The second-order valence-electron chi connectivity index (χ2n) is 3.44. The smallest absolute Gasteiger partial charge is 0.403 e. The van der Waals surface area contributed by atoms with E-state index in [9.17, 15) is 22.4 Å². The lowest BCUT2D eigenvalue weighted by atomic mass is 10.1. The maximum absolute atomic E-state index is 13.2. The number of alkyl halides is 3. The van der Waals surface area contributed by atoms with E-state index in [1.165, 1.54) is 6.07 Å². The van der Waals surface area contributed by atoms with Crippen LogP contribution >= 0.6 is 11.6 Å². The molecule has 0 saturated heterocycles. The van der Waals surface area contributed by atoms with E-state index in [4.69, 9.17) is 16.7 Å². The van der Waals surface area contributed by atoms with Gasteiger partial charge in [0.25, 0.3) is 0 Å². The normalized spacial score (nSPS) is 13.2. The zero-order valence-electron chi connectivity index (χ0n) is 8.76. The summed E-state index contributed by atoms with van der Waals surface area (Å²) in [7, 11) is 0. The van der Waals surface area contributed by atoms with Crippen LogP contribution < -0.4 is 5.32 Å². The van der Waals surface area contributed by atoms with Crippen LogP contribution in [0.1, 0.15) is 0 Å². The Morgan fingerprint density at radius 2 is 2.06 bits per heavy atom. The van der Waals surface area contributed by atoms with Gasteiger partial charge in [0.05, 0.1) is 5.69 Å². The van der Waals surface area contributed by atoms with Gasteiger partial charge in [-0.15, -0.1) is 0 Å². The highest BCUT2D eigenvalue weighted by Crippen LogP contribution is 2.27. The lowest BCUT2D eigenvalue weighted by Crippen LogP contribution is -2.36. The molecule has 1 unspecified atom stereocenters. The number of rotatable bonds is 4. The summed E-state index contributed by atoms with van der Waals surface area (Å²) in [5, 5.41) is 10.6. The number of halogens is 5. The molecular weight excluding hydrogens is 278 g/mol. The minimum Gasteiger partial charge on any atom is -0.481 e. The molecular formula is C10H8ClF4NO2. The molecule has 0 aliphatic heterocycles. The fraction of sp³-hybridized carbons (Fsp3) is 0.300. The number of benzene rings is 1. The first kappa shape index (κ1) is 14.6. The Hall–Kier alpha value is -1.50. The van der Waals surface area contributed by atoms with Crippen molar-refractivity contribution >= 4 is 23.3 Å². The van der Waals surface area contributed by atoms with Gasteiger partial charge < -0.3 is 10.4 Å². The highest BCUT2D eigenvalue weighted by molar-refractivity contribution is 6.30. The molecule has 0 amide bonds. The number of carboxylic acid groups (broad SMARTS) is 1. The van der Waals surface area contributed by atoms with Crippen molar-refractivity contribution in [1.29, 1.82) is 0 Å². The van der Waals surface area contributed by atoms with Crippen LogP contribution in [0.15, 0.2) is 18.2 Å². The molecule has 1 atom stereocenters. The van der Waals surface area contributed by atoms with Crippen LogP contribution in [0.25, 0.3) is 0 Å². The van der Waals surface area contributed by atoms with Crippen molar-refractivity contribution in [2.24, 2.45) is 5.92 Å². The number of hydrogen-bond donors (Lipinski definition) is 2. The Bertz CT molecular complexity index is 450. The van der Waals surface area contributed by atoms with Crippen molar-refractivity contribution in [2.75, 3.05) is 11.9 Å². The number of nitrogens with one attached hydrogen (secondary N) is 1. The van der Waals surface area contributed by atoms with Gasteiger partial charge in [-0.2, -0.15) is 13.2 Å². The molecule has 100 valence electrons. The molecule has 0 spiro atoms. The number of carboxylic acids is 1. The summed E-state index contributed by atoms with van der Waals surface area (Å²) < 4.78 is 50.1. The van der Waals surface area contributed by atoms with Crippen LogP contribution in [0.4, 0.5) is 23.2 Å². The van der Waals surface area contributed by atoms with Crippen molar-refractivity contribution in [3.05, 3.63) is 29.0 Å². The minimum absolute atomic E-state index is 0.123. The zero-order chi connectivity index (χ0) is 13.9. The molecule has 8 heteroatoms. The summed E-state index contributed by atoms with van der Waals surface area (Å²) >= 11 is 5.54. The van der Waals surface area contributed by atoms with Crippen LogP contribution in [0.2, 0.25) is 5.02 Å². The lowest BCUT2D eigenvalue weighted by Gasteiger charge is -2.17. The van der Waals surface area contributed by atoms with Crippen LogP contribution in [0, 0.1) is 11.7 Å². The highest BCUT2D eigenvalue weighted by Gasteiger charge is 2.44. The Labute approximate surface area is 104 Å². The quantitative estimate of drug-likeness (QED) is 0.836. The Morgan fingerprint density at radius 1 is 1.44 bits per heavy atom. The SMILES string of the molecule is O=C(O)C(CNc1cc(Cl)ccc1F)C(F)(F)F. The van der Waals surface area contributed by atoms with Crippen molar-refractivity contribution in [3.63, 3.8) is 0 Å². The molecule has 0 aliphatic carbocycles. The second-order valence-corrected chi connectivity index (χ2v) is 3.87. The molecule has 1 aromatic carbocycles. The van der Waals surface area contributed by atoms with Crippen molar-refractivity contribution in [3.8, 4) is 0 Å². The van der Waals surface area contributed by atoms with Gasteiger partial charge in [-0.1, -0.05) is 11.6 Å². The van der Waals surface area contributed by atoms with Crippen LogP contribution in [-0.4, -0.2) is 23.8 Å². The number of carbonyl (C=O) groups is 1. The van der Waals surface area contributed by atoms with Crippen molar-refractivity contribution < 1.29 is 27.5 Å². The van der Waals surface area contributed by atoms with Gasteiger partial charge in [0.2, 0.25) is 0 Å². The van der Waals surface area contributed by atoms with Gasteiger partial charge in [-0.05, 0) is 18.2 Å². The van der Waals surface area contributed by atoms with Gasteiger partial charge in [0, 0.05) is 11.6 Å². The lowest BCUT2D eigenvalue weighted by molar-refractivity contribution is -0.190. The van der Waals surface area contributed by atoms with Crippen LogP contribution in [0.5, 0.6) is 0 Å². The Balaban J connectivity index is 2.79. The molecule has 0 saturated carbocycles. The second kappa shape index (κ2) is 5.43. The van der Waals surface area contributed by atoms with E-state index in [0.29, 0.717) is 0 Å². The van der Waals surface area contributed by atoms with Gasteiger partial charge in [-0.25, -0.2) is 4.39 Å². The van der Waals surface area contributed by atoms with Crippen molar-refractivity contribution in [1.82, 2.24) is 0 Å². The molecule has 2 N–H and O–H groups in total.